The largest absolute Gasteiger partial charge is 0.322 e. The zero-order valence-corrected chi connectivity index (χ0v) is 14.5. The van der Waals surface area contributed by atoms with Crippen LogP contribution in [0.25, 0.3) is 0 Å². The van der Waals surface area contributed by atoms with Gasteiger partial charge in [-0.15, -0.1) is 0 Å². The van der Waals surface area contributed by atoms with E-state index in [0.717, 1.165) is 35.1 Å². The van der Waals surface area contributed by atoms with Gasteiger partial charge in [0.15, 0.2) is 0 Å². The Hall–Kier alpha value is -1.80. The van der Waals surface area contributed by atoms with Crippen molar-refractivity contribution >= 4 is 23.4 Å². The van der Waals surface area contributed by atoms with Gasteiger partial charge in [-0.25, -0.2) is 0 Å². The summed E-state index contributed by atoms with van der Waals surface area (Å²) in [6.45, 7) is 5.08. The van der Waals surface area contributed by atoms with Gasteiger partial charge in [-0.05, 0) is 13.8 Å². The monoisotopic (exact) mass is 334 g/mol. The van der Waals surface area contributed by atoms with E-state index in [0.29, 0.717) is 6.54 Å². The highest BCUT2D eigenvalue weighted by Gasteiger charge is 2.27. The number of carbonyl (C=O) groups excluding carboxylic acids is 1. The van der Waals surface area contributed by atoms with Crippen LogP contribution in [-0.2, 0) is 11.8 Å². The molecule has 0 radical (unpaired) electrons. The van der Waals surface area contributed by atoms with Crippen molar-refractivity contribution in [3.63, 3.8) is 0 Å². The van der Waals surface area contributed by atoms with Crippen LogP contribution in [-0.4, -0.2) is 55.4 Å². The first kappa shape index (κ1) is 16.1. The normalized spacial score (nSPS) is 19.0. The van der Waals surface area contributed by atoms with Crippen LogP contribution in [0.2, 0.25) is 0 Å². The summed E-state index contributed by atoms with van der Waals surface area (Å²) in [4.78, 5) is 14.7. The third-order valence-corrected chi connectivity index (χ3v) is 5.11. The number of nitrogens with one attached hydrogen (secondary N) is 2. The number of anilines is 1. The standard InChI is InChI=1S/C15H22N6OS/c1-10-15(11(2)19-18-10)17-14(22)8-21-4-5-23-9-13(21)12-6-16-20(3)7-12/h6-7,13H,4-5,8-9H2,1-3H3,(H,17,22)(H,18,19)/t13-/m1/s1. The minimum atomic E-state index is -0.00149. The van der Waals surface area contributed by atoms with Crippen molar-refractivity contribution in [3.05, 3.63) is 29.3 Å². The van der Waals surface area contributed by atoms with Crippen LogP contribution in [0.15, 0.2) is 12.4 Å². The molecule has 0 saturated carbocycles. The smallest absolute Gasteiger partial charge is 0.238 e. The fourth-order valence-corrected chi connectivity index (χ4v) is 4.00. The zero-order chi connectivity index (χ0) is 16.4. The summed E-state index contributed by atoms with van der Waals surface area (Å²) >= 11 is 1.92. The van der Waals surface area contributed by atoms with E-state index in [1.54, 1.807) is 0 Å². The Kier molecular flexibility index (Phi) is 4.72. The van der Waals surface area contributed by atoms with Gasteiger partial charge in [0, 0.05) is 42.9 Å². The van der Waals surface area contributed by atoms with Gasteiger partial charge in [-0.3, -0.25) is 19.5 Å². The van der Waals surface area contributed by atoms with Crippen molar-refractivity contribution in [2.24, 2.45) is 7.05 Å². The number of hydrogen-bond donors (Lipinski definition) is 2. The summed E-state index contributed by atoms with van der Waals surface area (Å²) in [6.07, 6.45) is 3.93. The van der Waals surface area contributed by atoms with Crippen LogP contribution in [0.4, 0.5) is 5.69 Å². The number of amides is 1. The molecule has 3 rings (SSSR count). The molecule has 2 aromatic rings. The van der Waals surface area contributed by atoms with Gasteiger partial charge < -0.3 is 5.32 Å². The summed E-state index contributed by atoms with van der Waals surface area (Å²) in [6, 6.07) is 0.236. The molecular weight excluding hydrogens is 312 g/mol. The lowest BCUT2D eigenvalue weighted by Gasteiger charge is -2.34. The Morgan fingerprint density at radius 3 is 3.00 bits per heavy atom. The second-order valence-electron chi connectivity index (χ2n) is 5.87. The number of aromatic amines is 1. The quantitative estimate of drug-likeness (QED) is 0.886. The van der Waals surface area contributed by atoms with E-state index in [9.17, 15) is 4.79 Å². The maximum atomic E-state index is 12.4. The average molecular weight is 334 g/mol. The molecule has 0 aliphatic carbocycles. The SMILES string of the molecule is Cc1n[nH]c(C)c1NC(=O)CN1CCSC[C@@H]1c1cnn(C)c1. The third kappa shape index (κ3) is 3.59. The van der Waals surface area contributed by atoms with Gasteiger partial charge in [0.25, 0.3) is 0 Å². The summed E-state index contributed by atoms with van der Waals surface area (Å²) < 4.78 is 1.81. The maximum Gasteiger partial charge on any atom is 0.238 e. The van der Waals surface area contributed by atoms with Gasteiger partial charge in [0.05, 0.1) is 29.8 Å². The van der Waals surface area contributed by atoms with Crippen molar-refractivity contribution in [3.8, 4) is 0 Å². The zero-order valence-electron chi connectivity index (χ0n) is 13.7. The fourth-order valence-electron chi connectivity index (χ4n) is 2.84. The summed E-state index contributed by atoms with van der Waals surface area (Å²) in [5, 5.41) is 14.2. The number of aryl methyl sites for hydroxylation is 3. The molecule has 3 heterocycles. The number of rotatable bonds is 4. The molecule has 2 aromatic heterocycles. The van der Waals surface area contributed by atoms with E-state index < -0.39 is 0 Å². The summed E-state index contributed by atoms with van der Waals surface area (Å²) in [7, 11) is 1.92. The molecule has 1 fully saturated rings. The Morgan fingerprint density at radius 1 is 1.52 bits per heavy atom. The highest BCUT2D eigenvalue weighted by molar-refractivity contribution is 7.99. The molecule has 1 saturated heterocycles. The Bertz CT molecular complexity index is 674. The first-order valence-electron chi connectivity index (χ1n) is 7.66. The van der Waals surface area contributed by atoms with E-state index in [4.69, 9.17) is 0 Å². The van der Waals surface area contributed by atoms with Gasteiger partial charge in [-0.2, -0.15) is 22.0 Å². The van der Waals surface area contributed by atoms with Crippen LogP contribution in [0.5, 0.6) is 0 Å². The molecule has 0 spiro atoms. The summed E-state index contributed by atoms with van der Waals surface area (Å²) in [5.74, 6) is 2.04. The molecule has 124 valence electrons. The van der Waals surface area contributed by atoms with Crippen LogP contribution >= 0.6 is 11.8 Å². The predicted octanol–water partition coefficient (Wildman–Crippen LogP) is 1.49. The second kappa shape index (κ2) is 6.76. The van der Waals surface area contributed by atoms with Gasteiger partial charge in [0.1, 0.15) is 0 Å². The maximum absolute atomic E-state index is 12.4. The van der Waals surface area contributed by atoms with E-state index >= 15 is 0 Å². The van der Waals surface area contributed by atoms with E-state index in [1.807, 2.05) is 49.7 Å². The van der Waals surface area contributed by atoms with Gasteiger partial charge in [0.2, 0.25) is 5.91 Å². The fraction of sp³-hybridized carbons (Fsp3) is 0.533. The first-order valence-corrected chi connectivity index (χ1v) is 8.82. The number of H-pyrrole nitrogens is 1. The van der Waals surface area contributed by atoms with Crippen molar-refractivity contribution < 1.29 is 4.79 Å². The number of aromatic nitrogens is 4. The topological polar surface area (TPSA) is 78.8 Å². The molecular formula is C15H22N6OS. The van der Waals surface area contributed by atoms with Crippen molar-refractivity contribution in [1.82, 2.24) is 24.9 Å². The minimum absolute atomic E-state index is 0.00149. The highest BCUT2D eigenvalue weighted by Crippen LogP contribution is 2.29. The first-order chi connectivity index (χ1) is 11.0. The number of nitrogens with zero attached hydrogens (tertiary/aromatic N) is 4. The minimum Gasteiger partial charge on any atom is -0.322 e. The van der Waals surface area contributed by atoms with Crippen LogP contribution in [0.3, 0.4) is 0 Å². The average Bonchev–Trinajstić information content (AvgIpc) is 3.08. The lowest BCUT2D eigenvalue weighted by atomic mass is 10.1. The Morgan fingerprint density at radius 2 is 2.35 bits per heavy atom. The number of carbonyl (C=O) groups is 1. The lowest BCUT2D eigenvalue weighted by Crippen LogP contribution is -2.41. The molecule has 23 heavy (non-hydrogen) atoms. The van der Waals surface area contributed by atoms with Crippen LogP contribution in [0.1, 0.15) is 23.0 Å². The van der Waals surface area contributed by atoms with Crippen LogP contribution < -0.4 is 5.32 Å². The molecule has 0 unspecified atom stereocenters. The Labute approximate surface area is 139 Å². The highest BCUT2D eigenvalue weighted by atomic mass is 32.2. The molecule has 1 aliphatic heterocycles. The van der Waals surface area contributed by atoms with Gasteiger partial charge in [-0.1, -0.05) is 0 Å². The number of thioether (sulfide) groups is 1. The third-order valence-electron chi connectivity index (χ3n) is 4.09. The predicted molar refractivity (Wildman–Crippen MR) is 91.5 cm³/mol. The van der Waals surface area contributed by atoms with Crippen LogP contribution in [0, 0.1) is 13.8 Å². The lowest BCUT2D eigenvalue weighted by molar-refractivity contribution is -0.117. The van der Waals surface area contributed by atoms with Crippen molar-refractivity contribution in [1.29, 1.82) is 0 Å². The number of hydrogen-bond acceptors (Lipinski definition) is 5. The molecule has 1 atom stereocenters. The van der Waals surface area contributed by atoms with Gasteiger partial charge >= 0.3 is 0 Å². The summed E-state index contributed by atoms with van der Waals surface area (Å²) in [5.41, 5.74) is 3.66. The Balaban J connectivity index is 1.68. The molecule has 1 aliphatic rings. The molecule has 8 heteroatoms. The van der Waals surface area contributed by atoms with E-state index in [-0.39, 0.29) is 11.9 Å². The van der Waals surface area contributed by atoms with Crippen molar-refractivity contribution in [2.75, 3.05) is 29.9 Å². The molecule has 0 bridgehead atoms. The molecule has 0 aromatic carbocycles. The molecule has 7 nitrogen and oxygen atoms in total. The van der Waals surface area contributed by atoms with E-state index in [1.165, 1.54) is 5.56 Å². The molecule has 2 N–H and O–H groups in total. The second-order valence-corrected chi connectivity index (χ2v) is 7.02. The van der Waals surface area contributed by atoms with E-state index in [2.05, 4.69) is 25.5 Å². The van der Waals surface area contributed by atoms with Crippen molar-refractivity contribution in [2.45, 2.75) is 19.9 Å². The molecule has 1 amide bonds.